The minimum Gasteiger partial charge on any atom is -0.377 e. The standard InChI is InChI=1S/C15H20N4O2/c1-11(2)18-7-5-13(6-8-18)17-14-4-3-12(10-16)9-15(14)19(20)21/h3-4,9,11,13,17H,5-8H2,1-2H3. The van der Waals surface area contributed by atoms with Crippen molar-refractivity contribution in [3.8, 4) is 6.07 Å². The number of nitrogens with one attached hydrogen (secondary N) is 1. The van der Waals surface area contributed by atoms with E-state index in [9.17, 15) is 10.1 Å². The Morgan fingerprint density at radius 3 is 2.62 bits per heavy atom. The van der Waals surface area contributed by atoms with Gasteiger partial charge in [-0.15, -0.1) is 0 Å². The molecule has 0 amide bonds. The first kappa shape index (κ1) is 15.3. The fraction of sp³-hybridized carbons (Fsp3) is 0.533. The third kappa shape index (κ3) is 3.70. The molecule has 1 aliphatic heterocycles. The van der Waals surface area contributed by atoms with Crippen LogP contribution in [0.5, 0.6) is 0 Å². The van der Waals surface area contributed by atoms with Crippen LogP contribution in [-0.4, -0.2) is 35.0 Å². The Hall–Kier alpha value is -2.13. The average Bonchev–Trinajstić information content (AvgIpc) is 2.48. The summed E-state index contributed by atoms with van der Waals surface area (Å²) in [5.74, 6) is 0. The number of nitrogens with zero attached hydrogens (tertiary/aromatic N) is 3. The number of benzene rings is 1. The molecule has 6 nitrogen and oxygen atoms in total. The van der Waals surface area contributed by atoms with Gasteiger partial charge in [0.1, 0.15) is 5.69 Å². The lowest BCUT2D eigenvalue weighted by Crippen LogP contribution is -2.42. The van der Waals surface area contributed by atoms with E-state index in [0.29, 0.717) is 17.3 Å². The summed E-state index contributed by atoms with van der Waals surface area (Å²) in [5.41, 5.74) is 0.782. The van der Waals surface area contributed by atoms with E-state index in [-0.39, 0.29) is 11.7 Å². The van der Waals surface area contributed by atoms with E-state index in [1.165, 1.54) is 6.07 Å². The van der Waals surface area contributed by atoms with Crippen molar-refractivity contribution in [2.24, 2.45) is 0 Å². The van der Waals surface area contributed by atoms with Crippen molar-refractivity contribution in [1.82, 2.24) is 4.90 Å². The summed E-state index contributed by atoms with van der Waals surface area (Å²) < 4.78 is 0. The molecular formula is C15H20N4O2. The Bertz CT molecular complexity index is 557. The van der Waals surface area contributed by atoms with E-state index in [1.807, 2.05) is 6.07 Å². The van der Waals surface area contributed by atoms with E-state index >= 15 is 0 Å². The molecule has 0 saturated carbocycles. The molecule has 1 heterocycles. The van der Waals surface area contributed by atoms with Crippen LogP contribution in [0.2, 0.25) is 0 Å². The first-order valence-corrected chi connectivity index (χ1v) is 7.20. The van der Waals surface area contributed by atoms with E-state index in [1.54, 1.807) is 12.1 Å². The summed E-state index contributed by atoms with van der Waals surface area (Å²) in [5, 5.41) is 23.2. The lowest BCUT2D eigenvalue weighted by molar-refractivity contribution is -0.384. The van der Waals surface area contributed by atoms with Gasteiger partial charge in [0.25, 0.3) is 5.69 Å². The Labute approximate surface area is 124 Å². The molecule has 1 aromatic rings. The fourth-order valence-corrected chi connectivity index (χ4v) is 2.65. The van der Waals surface area contributed by atoms with Crippen molar-refractivity contribution in [3.05, 3.63) is 33.9 Å². The zero-order valence-electron chi connectivity index (χ0n) is 12.4. The lowest BCUT2D eigenvalue weighted by Gasteiger charge is -2.35. The Kier molecular flexibility index (Phi) is 4.76. The highest BCUT2D eigenvalue weighted by Crippen LogP contribution is 2.28. The van der Waals surface area contributed by atoms with Gasteiger partial charge in [-0.3, -0.25) is 10.1 Å². The number of hydrogen-bond donors (Lipinski definition) is 1. The number of nitro groups is 1. The monoisotopic (exact) mass is 288 g/mol. The number of piperidine rings is 1. The van der Waals surface area contributed by atoms with E-state index in [0.717, 1.165) is 25.9 Å². The quantitative estimate of drug-likeness (QED) is 0.680. The molecule has 0 spiro atoms. The molecule has 0 radical (unpaired) electrons. The molecule has 21 heavy (non-hydrogen) atoms. The summed E-state index contributed by atoms with van der Waals surface area (Å²) in [6.45, 7) is 6.36. The van der Waals surface area contributed by atoms with Crippen molar-refractivity contribution in [3.63, 3.8) is 0 Å². The third-order valence-corrected chi connectivity index (χ3v) is 3.94. The SMILES string of the molecule is CC(C)N1CCC(Nc2ccc(C#N)cc2[N+](=O)[O-])CC1. The highest BCUT2D eigenvalue weighted by Gasteiger charge is 2.23. The first-order chi connectivity index (χ1) is 10.0. The molecule has 1 N–H and O–H groups in total. The van der Waals surface area contributed by atoms with Crippen molar-refractivity contribution < 1.29 is 4.92 Å². The van der Waals surface area contributed by atoms with E-state index < -0.39 is 4.92 Å². The van der Waals surface area contributed by atoms with Gasteiger partial charge >= 0.3 is 0 Å². The number of nitro benzene ring substituents is 1. The fourth-order valence-electron chi connectivity index (χ4n) is 2.65. The van der Waals surface area contributed by atoms with Crippen molar-refractivity contribution in [1.29, 1.82) is 5.26 Å². The topological polar surface area (TPSA) is 82.2 Å². The lowest BCUT2D eigenvalue weighted by atomic mass is 10.0. The second-order valence-electron chi connectivity index (χ2n) is 5.65. The van der Waals surface area contributed by atoms with Crippen LogP contribution < -0.4 is 5.32 Å². The van der Waals surface area contributed by atoms with Crippen molar-refractivity contribution in [2.45, 2.75) is 38.8 Å². The average molecular weight is 288 g/mol. The van der Waals surface area contributed by atoms with Gasteiger partial charge < -0.3 is 10.2 Å². The molecule has 2 rings (SSSR count). The van der Waals surface area contributed by atoms with Gasteiger partial charge in [0, 0.05) is 31.2 Å². The van der Waals surface area contributed by atoms with E-state index in [4.69, 9.17) is 5.26 Å². The Morgan fingerprint density at radius 1 is 1.43 bits per heavy atom. The predicted molar refractivity (Wildman–Crippen MR) is 81.2 cm³/mol. The summed E-state index contributed by atoms with van der Waals surface area (Å²) in [7, 11) is 0. The molecule has 1 saturated heterocycles. The maximum absolute atomic E-state index is 11.1. The maximum atomic E-state index is 11.1. The minimum atomic E-state index is -0.438. The molecule has 0 atom stereocenters. The summed E-state index contributed by atoms with van der Waals surface area (Å²) >= 11 is 0. The number of anilines is 1. The number of nitriles is 1. The van der Waals surface area contributed by atoms with Gasteiger partial charge in [0.15, 0.2) is 0 Å². The molecule has 112 valence electrons. The molecule has 0 unspecified atom stereocenters. The molecule has 6 heteroatoms. The zero-order valence-corrected chi connectivity index (χ0v) is 12.4. The van der Waals surface area contributed by atoms with E-state index in [2.05, 4.69) is 24.1 Å². The van der Waals surface area contributed by atoms with Crippen LogP contribution in [0, 0.1) is 21.4 Å². The normalized spacial score (nSPS) is 16.7. The van der Waals surface area contributed by atoms with Gasteiger partial charge in [-0.25, -0.2) is 0 Å². The summed E-state index contributed by atoms with van der Waals surface area (Å²) in [4.78, 5) is 13.1. The molecule has 0 bridgehead atoms. The molecule has 0 aliphatic carbocycles. The number of rotatable bonds is 4. The molecule has 1 fully saturated rings. The van der Waals surface area contributed by atoms with Crippen LogP contribution in [0.3, 0.4) is 0 Å². The van der Waals surface area contributed by atoms with Crippen LogP contribution >= 0.6 is 0 Å². The van der Waals surface area contributed by atoms with Gasteiger partial charge in [-0.05, 0) is 38.8 Å². The zero-order chi connectivity index (χ0) is 15.4. The predicted octanol–water partition coefficient (Wildman–Crippen LogP) is 2.75. The Morgan fingerprint density at radius 2 is 2.10 bits per heavy atom. The van der Waals surface area contributed by atoms with Crippen LogP contribution in [0.15, 0.2) is 18.2 Å². The highest BCUT2D eigenvalue weighted by atomic mass is 16.6. The van der Waals surface area contributed by atoms with Crippen molar-refractivity contribution in [2.75, 3.05) is 18.4 Å². The number of hydrogen-bond acceptors (Lipinski definition) is 5. The smallest absolute Gasteiger partial charge is 0.293 e. The Balaban J connectivity index is 2.07. The second kappa shape index (κ2) is 6.55. The van der Waals surface area contributed by atoms with Gasteiger partial charge in [0.05, 0.1) is 16.6 Å². The molecular weight excluding hydrogens is 268 g/mol. The molecule has 1 aromatic carbocycles. The van der Waals surface area contributed by atoms with Gasteiger partial charge in [0.2, 0.25) is 0 Å². The van der Waals surface area contributed by atoms with Gasteiger partial charge in [-0.1, -0.05) is 0 Å². The summed E-state index contributed by atoms with van der Waals surface area (Å²) in [6.07, 6.45) is 1.94. The van der Waals surface area contributed by atoms with Crippen LogP contribution in [-0.2, 0) is 0 Å². The first-order valence-electron chi connectivity index (χ1n) is 7.20. The maximum Gasteiger partial charge on any atom is 0.293 e. The molecule has 0 aromatic heterocycles. The highest BCUT2D eigenvalue weighted by molar-refractivity contribution is 5.64. The molecule has 1 aliphatic rings. The number of likely N-dealkylation sites (tertiary alicyclic amines) is 1. The van der Waals surface area contributed by atoms with Crippen molar-refractivity contribution >= 4 is 11.4 Å². The van der Waals surface area contributed by atoms with Crippen LogP contribution in [0.4, 0.5) is 11.4 Å². The summed E-state index contributed by atoms with van der Waals surface area (Å²) in [6, 6.07) is 7.28. The second-order valence-corrected chi connectivity index (χ2v) is 5.65. The minimum absolute atomic E-state index is 0.0275. The largest absolute Gasteiger partial charge is 0.377 e. The van der Waals surface area contributed by atoms with Gasteiger partial charge in [-0.2, -0.15) is 5.26 Å². The van der Waals surface area contributed by atoms with Crippen LogP contribution in [0.25, 0.3) is 0 Å². The third-order valence-electron chi connectivity index (χ3n) is 3.94. The van der Waals surface area contributed by atoms with Crippen LogP contribution in [0.1, 0.15) is 32.3 Å².